The molecule has 0 heterocycles. The Balaban J connectivity index is 2.83. The van der Waals surface area contributed by atoms with Crippen LogP contribution in [0.1, 0.15) is 6.92 Å². The third kappa shape index (κ3) is 4.07. The van der Waals surface area contributed by atoms with Gasteiger partial charge in [-0.05, 0) is 0 Å². The molecule has 0 aliphatic carbocycles. The van der Waals surface area contributed by atoms with Crippen LogP contribution in [0.2, 0.25) is 0 Å². The van der Waals surface area contributed by atoms with Gasteiger partial charge in [0.1, 0.15) is 0 Å². The van der Waals surface area contributed by atoms with E-state index in [0.29, 0.717) is 6.54 Å². The largest absolute Gasteiger partial charge is 0.294 e. The summed E-state index contributed by atoms with van der Waals surface area (Å²) >= 11 is -1.82. The molecule has 0 saturated heterocycles. The van der Waals surface area contributed by atoms with Gasteiger partial charge in [0.05, 0.1) is 0 Å². The highest BCUT2D eigenvalue weighted by atomic mass is 32.2. The summed E-state index contributed by atoms with van der Waals surface area (Å²) in [6.45, 7) is 2.29. The highest BCUT2D eigenvalue weighted by Crippen LogP contribution is 1.56. The third-order valence-electron chi connectivity index (χ3n) is 0.268. The van der Waals surface area contributed by atoms with Crippen molar-refractivity contribution in [3.05, 3.63) is 0 Å². The molecule has 0 aromatic rings. The molecule has 1 unspecified atom stereocenters. The fourth-order valence-corrected chi connectivity index (χ4v) is 0.370. The summed E-state index contributed by atoms with van der Waals surface area (Å²) in [7, 11) is 0. The molecular weight excluding hydrogens is 102 g/mol. The lowest BCUT2D eigenvalue weighted by molar-refractivity contribution is 0.551. The predicted molar refractivity (Wildman–Crippen MR) is 24.4 cm³/mol. The van der Waals surface area contributed by atoms with Crippen LogP contribution in [0.25, 0.3) is 0 Å². The van der Waals surface area contributed by atoms with Crippen LogP contribution in [-0.2, 0) is 11.3 Å². The SMILES string of the molecule is CCNS(=O)O. The van der Waals surface area contributed by atoms with Gasteiger partial charge < -0.3 is 0 Å². The molecule has 0 rings (SSSR count). The lowest BCUT2D eigenvalue weighted by Crippen LogP contribution is -2.14. The summed E-state index contributed by atoms with van der Waals surface area (Å²) < 4.78 is 19.7. The summed E-state index contributed by atoms with van der Waals surface area (Å²) in [6.07, 6.45) is 0. The van der Waals surface area contributed by atoms with Crippen molar-refractivity contribution >= 4 is 11.3 Å². The summed E-state index contributed by atoms with van der Waals surface area (Å²) in [5.41, 5.74) is 0. The maximum Gasteiger partial charge on any atom is 0.231 e. The molecule has 2 N–H and O–H groups in total. The van der Waals surface area contributed by atoms with Crippen LogP contribution >= 0.6 is 0 Å². The first-order chi connectivity index (χ1) is 2.77. The Hall–Kier alpha value is 0.0700. The summed E-state index contributed by atoms with van der Waals surface area (Å²) in [5.74, 6) is 0. The fourth-order valence-electron chi connectivity index (χ4n) is 0.123. The Kier molecular flexibility index (Phi) is 3.31. The van der Waals surface area contributed by atoms with Crippen LogP contribution in [0.4, 0.5) is 0 Å². The second-order valence-electron chi connectivity index (χ2n) is 0.747. The van der Waals surface area contributed by atoms with Crippen molar-refractivity contribution in [2.45, 2.75) is 6.92 Å². The molecule has 6 heavy (non-hydrogen) atoms. The van der Waals surface area contributed by atoms with Gasteiger partial charge in [0.25, 0.3) is 0 Å². The average molecular weight is 109 g/mol. The van der Waals surface area contributed by atoms with E-state index in [1.165, 1.54) is 0 Å². The standard InChI is InChI=1S/C2H7NO2S/c1-2-3-6(4)5/h3H,2H2,1H3,(H,4,5). The fraction of sp³-hybridized carbons (Fsp3) is 1.00. The van der Waals surface area contributed by atoms with Crippen molar-refractivity contribution < 1.29 is 8.76 Å². The summed E-state index contributed by atoms with van der Waals surface area (Å²) in [6, 6.07) is 0. The second kappa shape index (κ2) is 3.27. The molecule has 38 valence electrons. The average Bonchev–Trinajstić information content (AvgIpc) is 1.35. The van der Waals surface area contributed by atoms with Crippen LogP contribution in [0, 0.1) is 0 Å². The van der Waals surface area contributed by atoms with Crippen LogP contribution in [0.3, 0.4) is 0 Å². The van der Waals surface area contributed by atoms with Gasteiger partial charge in [-0.2, -0.15) is 0 Å². The van der Waals surface area contributed by atoms with Crippen molar-refractivity contribution in [3.8, 4) is 0 Å². The van der Waals surface area contributed by atoms with E-state index >= 15 is 0 Å². The minimum atomic E-state index is -1.82. The van der Waals surface area contributed by atoms with Crippen molar-refractivity contribution in [3.63, 3.8) is 0 Å². The number of nitrogens with one attached hydrogen (secondary N) is 1. The molecule has 4 heteroatoms. The normalized spacial score (nSPS) is 14.3. The Bertz CT molecular complexity index is 55.5. The van der Waals surface area contributed by atoms with Gasteiger partial charge in [0, 0.05) is 6.54 Å². The molecule has 0 aliphatic rings. The quantitative estimate of drug-likeness (QED) is 0.480. The molecule has 0 aromatic carbocycles. The summed E-state index contributed by atoms with van der Waals surface area (Å²) in [4.78, 5) is 0. The van der Waals surface area contributed by atoms with Gasteiger partial charge >= 0.3 is 0 Å². The maximum atomic E-state index is 9.60. The molecule has 0 aromatic heterocycles. The molecule has 1 atom stereocenters. The van der Waals surface area contributed by atoms with Gasteiger partial charge in [-0.15, -0.1) is 0 Å². The van der Waals surface area contributed by atoms with Crippen LogP contribution < -0.4 is 4.72 Å². The number of hydrogen-bond acceptors (Lipinski definition) is 1. The lowest BCUT2D eigenvalue weighted by Gasteiger charge is -1.85. The van der Waals surface area contributed by atoms with Gasteiger partial charge in [0.15, 0.2) is 0 Å². The Morgan fingerprint density at radius 3 is 2.50 bits per heavy atom. The minimum absolute atomic E-state index is 0.531. The van der Waals surface area contributed by atoms with E-state index in [4.69, 9.17) is 4.55 Å². The first-order valence-corrected chi connectivity index (χ1v) is 2.72. The zero-order valence-electron chi connectivity index (χ0n) is 3.47. The van der Waals surface area contributed by atoms with Crippen molar-refractivity contribution in [2.75, 3.05) is 6.54 Å². The zero-order valence-corrected chi connectivity index (χ0v) is 4.29. The highest BCUT2D eigenvalue weighted by Gasteiger charge is 1.79. The smallest absolute Gasteiger partial charge is 0.231 e. The molecule has 0 aliphatic heterocycles. The van der Waals surface area contributed by atoms with Crippen LogP contribution in [0.5, 0.6) is 0 Å². The lowest BCUT2D eigenvalue weighted by atomic mass is 10.8. The molecule has 0 bridgehead atoms. The van der Waals surface area contributed by atoms with Crippen LogP contribution in [-0.4, -0.2) is 15.3 Å². The maximum absolute atomic E-state index is 9.60. The van der Waals surface area contributed by atoms with Gasteiger partial charge in [-0.25, -0.2) is 8.93 Å². The van der Waals surface area contributed by atoms with Crippen molar-refractivity contribution in [2.24, 2.45) is 0 Å². The topological polar surface area (TPSA) is 49.3 Å². The third-order valence-corrected chi connectivity index (χ3v) is 0.803. The Labute approximate surface area is 39.2 Å². The molecule has 0 radical (unpaired) electrons. The predicted octanol–water partition coefficient (Wildman–Crippen LogP) is -0.267. The first kappa shape index (κ1) is 6.07. The molecule has 3 nitrogen and oxygen atoms in total. The van der Waals surface area contributed by atoms with Gasteiger partial charge in [-0.3, -0.25) is 4.55 Å². The molecule has 0 saturated carbocycles. The van der Waals surface area contributed by atoms with Crippen molar-refractivity contribution in [1.29, 1.82) is 0 Å². The Morgan fingerprint density at radius 2 is 2.50 bits per heavy atom. The van der Waals surface area contributed by atoms with E-state index in [2.05, 4.69) is 4.72 Å². The molecule has 0 amide bonds. The number of hydrogen-bond donors (Lipinski definition) is 2. The highest BCUT2D eigenvalue weighted by molar-refractivity contribution is 7.77. The first-order valence-electron chi connectivity index (χ1n) is 1.61. The van der Waals surface area contributed by atoms with E-state index in [1.54, 1.807) is 6.92 Å². The monoisotopic (exact) mass is 109 g/mol. The van der Waals surface area contributed by atoms with E-state index in [1.807, 2.05) is 0 Å². The number of rotatable bonds is 2. The summed E-state index contributed by atoms with van der Waals surface area (Å²) in [5, 5.41) is 0. The van der Waals surface area contributed by atoms with Crippen LogP contribution in [0.15, 0.2) is 0 Å². The molecule has 0 fully saturated rings. The van der Waals surface area contributed by atoms with E-state index < -0.39 is 11.3 Å². The van der Waals surface area contributed by atoms with E-state index in [-0.39, 0.29) is 0 Å². The second-order valence-corrected chi connectivity index (χ2v) is 1.53. The minimum Gasteiger partial charge on any atom is -0.294 e. The van der Waals surface area contributed by atoms with Gasteiger partial charge in [0.2, 0.25) is 11.3 Å². The van der Waals surface area contributed by atoms with Crippen molar-refractivity contribution in [1.82, 2.24) is 4.72 Å². The Morgan fingerprint density at radius 1 is 2.00 bits per heavy atom. The van der Waals surface area contributed by atoms with Gasteiger partial charge in [-0.1, -0.05) is 6.92 Å². The van der Waals surface area contributed by atoms with E-state index in [9.17, 15) is 4.21 Å². The molecular formula is C2H7NO2S. The zero-order chi connectivity index (χ0) is 4.99. The van der Waals surface area contributed by atoms with E-state index in [0.717, 1.165) is 0 Å². The molecule has 0 spiro atoms.